The Kier molecular flexibility index (Phi) is 6.79. The summed E-state index contributed by atoms with van der Waals surface area (Å²) in [6, 6.07) is 6.44. The largest absolute Gasteiger partial charge is 0.377 e. The van der Waals surface area contributed by atoms with E-state index in [1.165, 1.54) is 12.1 Å². The Balaban J connectivity index is 1.61. The third-order valence-electron chi connectivity index (χ3n) is 4.50. The fourth-order valence-corrected chi connectivity index (χ4v) is 3.06. The van der Waals surface area contributed by atoms with Crippen molar-refractivity contribution in [1.29, 1.82) is 0 Å². The van der Waals surface area contributed by atoms with Crippen molar-refractivity contribution in [3.8, 4) is 0 Å². The number of halogens is 1. The second-order valence-electron chi connectivity index (χ2n) is 8.03. The molecule has 0 aromatic heterocycles. The first-order valence-electron chi connectivity index (χ1n) is 8.93. The standard InChI is InChI=1S/C20H30FNO2/c1-20(2,3)14-19(23)22-11-8-16(9-12-22)10-13-24-15-17-4-6-18(21)7-5-17/h4-7,16H,8-15H2,1-3H3. The molecule has 0 bridgehead atoms. The zero-order valence-corrected chi connectivity index (χ0v) is 15.2. The topological polar surface area (TPSA) is 29.5 Å². The average molecular weight is 335 g/mol. The minimum atomic E-state index is -0.216. The maximum atomic E-state index is 12.8. The molecule has 24 heavy (non-hydrogen) atoms. The molecule has 0 saturated carbocycles. The van der Waals surface area contributed by atoms with Gasteiger partial charge in [0.1, 0.15) is 5.82 Å². The first kappa shape index (κ1) is 18.9. The molecule has 1 aliphatic rings. The summed E-state index contributed by atoms with van der Waals surface area (Å²) in [6.07, 6.45) is 3.78. The average Bonchev–Trinajstić information content (AvgIpc) is 2.52. The van der Waals surface area contributed by atoms with Gasteiger partial charge in [-0.1, -0.05) is 32.9 Å². The predicted octanol–water partition coefficient (Wildman–Crippen LogP) is 4.41. The van der Waals surface area contributed by atoms with E-state index >= 15 is 0 Å². The van der Waals surface area contributed by atoms with Gasteiger partial charge in [0.2, 0.25) is 5.91 Å². The van der Waals surface area contributed by atoms with Crippen LogP contribution in [-0.2, 0) is 16.1 Å². The monoisotopic (exact) mass is 335 g/mol. The van der Waals surface area contributed by atoms with Crippen LogP contribution in [-0.4, -0.2) is 30.5 Å². The molecule has 1 aliphatic heterocycles. The lowest BCUT2D eigenvalue weighted by molar-refractivity contribution is -0.134. The Morgan fingerprint density at radius 1 is 1.21 bits per heavy atom. The molecule has 2 rings (SSSR count). The maximum absolute atomic E-state index is 12.8. The van der Waals surface area contributed by atoms with Crippen LogP contribution in [0.1, 0.15) is 52.0 Å². The van der Waals surface area contributed by atoms with Crippen molar-refractivity contribution in [1.82, 2.24) is 4.90 Å². The van der Waals surface area contributed by atoms with Gasteiger partial charge in [-0.2, -0.15) is 0 Å². The fourth-order valence-electron chi connectivity index (χ4n) is 3.06. The Hall–Kier alpha value is -1.42. The number of carbonyl (C=O) groups is 1. The summed E-state index contributed by atoms with van der Waals surface area (Å²) in [7, 11) is 0. The van der Waals surface area contributed by atoms with Crippen molar-refractivity contribution in [2.24, 2.45) is 11.3 Å². The van der Waals surface area contributed by atoms with Crippen LogP contribution in [0.3, 0.4) is 0 Å². The molecule has 134 valence electrons. The molecule has 1 amide bonds. The highest BCUT2D eigenvalue weighted by molar-refractivity contribution is 5.76. The molecule has 0 atom stereocenters. The highest BCUT2D eigenvalue weighted by Gasteiger charge is 2.25. The molecule has 1 aromatic rings. The molecular formula is C20H30FNO2. The van der Waals surface area contributed by atoms with Crippen molar-refractivity contribution < 1.29 is 13.9 Å². The van der Waals surface area contributed by atoms with Crippen LogP contribution in [0.2, 0.25) is 0 Å². The van der Waals surface area contributed by atoms with Gasteiger partial charge in [0.25, 0.3) is 0 Å². The number of benzene rings is 1. The molecule has 0 spiro atoms. The van der Waals surface area contributed by atoms with Gasteiger partial charge in [-0.3, -0.25) is 4.79 Å². The fraction of sp³-hybridized carbons (Fsp3) is 0.650. The van der Waals surface area contributed by atoms with Crippen molar-refractivity contribution in [2.75, 3.05) is 19.7 Å². The molecule has 0 aliphatic carbocycles. The first-order valence-corrected chi connectivity index (χ1v) is 8.93. The zero-order valence-electron chi connectivity index (χ0n) is 15.2. The summed E-state index contributed by atoms with van der Waals surface area (Å²) >= 11 is 0. The summed E-state index contributed by atoms with van der Waals surface area (Å²) in [5, 5.41) is 0. The Morgan fingerprint density at radius 3 is 2.42 bits per heavy atom. The molecule has 3 nitrogen and oxygen atoms in total. The quantitative estimate of drug-likeness (QED) is 0.721. The molecular weight excluding hydrogens is 305 g/mol. The normalized spacial score (nSPS) is 16.4. The lowest BCUT2D eigenvalue weighted by Crippen LogP contribution is -2.40. The van der Waals surface area contributed by atoms with Crippen LogP contribution in [0.4, 0.5) is 4.39 Å². The minimum absolute atomic E-state index is 0.0577. The van der Waals surface area contributed by atoms with Crippen LogP contribution >= 0.6 is 0 Å². The number of carbonyl (C=O) groups excluding carboxylic acids is 1. The highest BCUT2D eigenvalue weighted by Crippen LogP contribution is 2.24. The summed E-state index contributed by atoms with van der Waals surface area (Å²) in [4.78, 5) is 14.3. The summed E-state index contributed by atoms with van der Waals surface area (Å²) in [6.45, 7) is 9.32. The van der Waals surface area contributed by atoms with E-state index in [4.69, 9.17) is 4.74 Å². The number of piperidine rings is 1. The summed E-state index contributed by atoms with van der Waals surface area (Å²) in [5.41, 5.74) is 1.06. The summed E-state index contributed by atoms with van der Waals surface area (Å²) in [5.74, 6) is 0.705. The molecule has 0 N–H and O–H groups in total. The third kappa shape index (κ3) is 6.60. The van der Waals surface area contributed by atoms with Crippen molar-refractivity contribution >= 4 is 5.91 Å². The van der Waals surface area contributed by atoms with Gasteiger partial charge >= 0.3 is 0 Å². The SMILES string of the molecule is CC(C)(C)CC(=O)N1CCC(CCOCc2ccc(F)cc2)CC1. The second-order valence-corrected chi connectivity index (χ2v) is 8.03. The number of hydrogen-bond donors (Lipinski definition) is 0. The van der Waals surface area contributed by atoms with Crippen LogP contribution in [0.15, 0.2) is 24.3 Å². The van der Waals surface area contributed by atoms with Gasteiger partial charge in [0.15, 0.2) is 0 Å². The maximum Gasteiger partial charge on any atom is 0.223 e. The van der Waals surface area contributed by atoms with Gasteiger partial charge in [-0.25, -0.2) is 4.39 Å². The lowest BCUT2D eigenvalue weighted by Gasteiger charge is -2.33. The smallest absolute Gasteiger partial charge is 0.223 e. The number of rotatable bonds is 6. The van der Waals surface area contributed by atoms with E-state index in [0.717, 1.165) is 44.5 Å². The Labute approximate surface area is 145 Å². The zero-order chi connectivity index (χ0) is 17.6. The van der Waals surface area contributed by atoms with Crippen molar-refractivity contribution in [2.45, 2.75) is 53.1 Å². The predicted molar refractivity (Wildman–Crippen MR) is 94.0 cm³/mol. The highest BCUT2D eigenvalue weighted by atomic mass is 19.1. The van der Waals surface area contributed by atoms with Crippen LogP contribution in [0, 0.1) is 17.2 Å². The van der Waals surface area contributed by atoms with E-state index in [1.54, 1.807) is 12.1 Å². The number of hydrogen-bond acceptors (Lipinski definition) is 2. The van der Waals surface area contributed by atoms with Gasteiger partial charge in [0.05, 0.1) is 6.61 Å². The van der Waals surface area contributed by atoms with E-state index in [0.29, 0.717) is 18.9 Å². The van der Waals surface area contributed by atoms with Crippen molar-refractivity contribution in [3.05, 3.63) is 35.6 Å². The first-order chi connectivity index (χ1) is 11.3. The second kappa shape index (κ2) is 8.61. The molecule has 1 saturated heterocycles. The molecule has 4 heteroatoms. The van der Waals surface area contributed by atoms with Crippen LogP contribution in [0.5, 0.6) is 0 Å². The van der Waals surface area contributed by atoms with Crippen LogP contribution in [0.25, 0.3) is 0 Å². The van der Waals surface area contributed by atoms with E-state index in [-0.39, 0.29) is 17.1 Å². The van der Waals surface area contributed by atoms with E-state index < -0.39 is 0 Å². The van der Waals surface area contributed by atoms with E-state index in [2.05, 4.69) is 20.8 Å². The van der Waals surface area contributed by atoms with Gasteiger partial charge < -0.3 is 9.64 Å². The number of likely N-dealkylation sites (tertiary alicyclic amines) is 1. The van der Waals surface area contributed by atoms with E-state index in [9.17, 15) is 9.18 Å². The minimum Gasteiger partial charge on any atom is -0.377 e. The third-order valence-corrected chi connectivity index (χ3v) is 4.50. The van der Waals surface area contributed by atoms with Gasteiger partial charge in [0, 0.05) is 26.1 Å². The molecule has 1 aromatic carbocycles. The van der Waals surface area contributed by atoms with Gasteiger partial charge in [-0.05, 0) is 48.3 Å². The lowest BCUT2D eigenvalue weighted by atomic mass is 9.89. The number of amides is 1. The molecule has 0 radical (unpaired) electrons. The van der Waals surface area contributed by atoms with Crippen LogP contribution < -0.4 is 0 Å². The van der Waals surface area contributed by atoms with E-state index in [1.807, 2.05) is 4.90 Å². The van der Waals surface area contributed by atoms with Crippen molar-refractivity contribution in [3.63, 3.8) is 0 Å². The number of ether oxygens (including phenoxy) is 1. The number of nitrogens with zero attached hydrogens (tertiary/aromatic N) is 1. The molecule has 1 heterocycles. The Morgan fingerprint density at radius 2 is 1.83 bits per heavy atom. The Bertz CT molecular complexity index is 513. The molecule has 0 unspecified atom stereocenters. The molecule has 1 fully saturated rings. The summed E-state index contributed by atoms with van der Waals surface area (Å²) < 4.78 is 18.5. The van der Waals surface area contributed by atoms with Gasteiger partial charge in [-0.15, -0.1) is 0 Å².